The summed E-state index contributed by atoms with van der Waals surface area (Å²) in [4.78, 5) is 21.4. The van der Waals surface area contributed by atoms with Crippen molar-refractivity contribution in [2.45, 2.75) is 25.3 Å². The smallest absolute Gasteiger partial charge is 0.254 e. The van der Waals surface area contributed by atoms with Gasteiger partial charge in [-0.3, -0.25) is 9.78 Å². The molecule has 1 saturated heterocycles. The molecule has 1 aromatic heterocycles. The van der Waals surface area contributed by atoms with Crippen LogP contribution in [-0.4, -0.2) is 53.4 Å². The number of aromatic nitrogens is 1. The van der Waals surface area contributed by atoms with Crippen molar-refractivity contribution in [1.29, 1.82) is 0 Å². The van der Waals surface area contributed by atoms with Crippen molar-refractivity contribution < 1.29 is 9.18 Å². The zero-order chi connectivity index (χ0) is 18.5. The lowest BCUT2D eigenvalue weighted by Crippen LogP contribution is -2.46. The van der Waals surface area contributed by atoms with Crippen molar-refractivity contribution in [1.82, 2.24) is 14.8 Å². The fraction of sp³-hybridized carbons (Fsp3) is 0.400. The lowest BCUT2D eigenvalue weighted by atomic mass is 10.0. The average Bonchev–Trinajstić information content (AvgIpc) is 2.66. The van der Waals surface area contributed by atoms with Gasteiger partial charge in [-0.2, -0.15) is 0 Å². The average molecular weight is 467 g/mol. The third-order valence-electron chi connectivity index (χ3n) is 5.00. The number of nitrogens with zero attached hydrogens (tertiary/aromatic N) is 3. The Hall–Kier alpha value is -1.54. The Morgan fingerprint density at radius 2 is 2.08 bits per heavy atom. The molecule has 2 aromatic rings. The van der Waals surface area contributed by atoms with Crippen molar-refractivity contribution >= 4 is 28.5 Å². The first kappa shape index (κ1) is 19.2. The highest BCUT2D eigenvalue weighted by Crippen LogP contribution is 2.21. The molecule has 0 N–H and O–H groups in total. The van der Waals surface area contributed by atoms with Gasteiger partial charge in [-0.05, 0) is 65.8 Å². The maximum atomic E-state index is 13.3. The van der Waals surface area contributed by atoms with Gasteiger partial charge < -0.3 is 9.80 Å². The summed E-state index contributed by atoms with van der Waals surface area (Å²) in [5, 5.41) is 0. The quantitative estimate of drug-likeness (QED) is 0.631. The van der Waals surface area contributed by atoms with E-state index in [1.54, 1.807) is 6.07 Å². The monoisotopic (exact) mass is 467 g/mol. The molecule has 0 atom stereocenters. The van der Waals surface area contributed by atoms with Crippen LogP contribution in [0.5, 0.6) is 0 Å². The first-order valence-corrected chi connectivity index (χ1v) is 9.97. The first-order chi connectivity index (χ1) is 12.5. The highest BCUT2D eigenvalue weighted by Gasteiger charge is 2.26. The third kappa shape index (κ3) is 4.79. The summed E-state index contributed by atoms with van der Waals surface area (Å²) in [6, 6.07) is 10.6. The van der Waals surface area contributed by atoms with Gasteiger partial charge >= 0.3 is 0 Å². The number of benzene rings is 1. The summed E-state index contributed by atoms with van der Waals surface area (Å²) in [6.07, 6.45) is 4.71. The highest BCUT2D eigenvalue weighted by molar-refractivity contribution is 14.1. The number of carbonyl (C=O) groups is 1. The molecule has 0 aliphatic carbocycles. The molecule has 0 saturated carbocycles. The van der Waals surface area contributed by atoms with E-state index in [2.05, 4.69) is 16.0 Å². The van der Waals surface area contributed by atoms with Gasteiger partial charge in [0, 0.05) is 54.6 Å². The van der Waals surface area contributed by atoms with Crippen LogP contribution >= 0.6 is 22.6 Å². The number of hydrogen-bond acceptors (Lipinski definition) is 3. The highest BCUT2D eigenvalue weighted by atomic mass is 127. The normalized spacial score (nSPS) is 15.8. The van der Waals surface area contributed by atoms with Crippen LogP contribution in [0.1, 0.15) is 28.9 Å². The molecule has 0 spiro atoms. The summed E-state index contributed by atoms with van der Waals surface area (Å²) in [6.45, 7) is 2.96. The van der Waals surface area contributed by atoms with Crippen LogP contribution in [0.25, 0.3) is 0 Å². The Morgan fingerprint density at radius 1 is 1.31 bits per heavy atom. The molecule has 1 aliphatic heterocycles. The Balaban J connectivity index is 1.51. The molecule has 138 valence electrons. The zero-order valence-corrected chi connectivity index (χ0v) is 17.0. The summed E-state index contributed by atoms with van der Waals surface area (Å²) in [5.74, 6) is -0.337. The molecular formula is C20H23FIN3O. The fourth-order valence-electron chi connectivity index (χ4n) is 3.37. The number of amides is 1. The second-order valence-electron chi connectivity index (χ2n) is 6.68. The maximum absolute atomic E-state index is 13.3. The largest absolute Gasteiger partial charge is 0.339 e. The molecule has 1 fully saturated rings. The molecule has 0 bridgehead atoms. The molecule has 26 heavy (non-hydrogen) atoms. The second kappa shape index (κ2) is 8.90. The van der Waals surface area contributed by atoms with E-state index in [9.17, 15) is 9.18 Å². The van der Waals surface area contributed by atoms with Gasteiger partial charge in [0.15, 0.2) is 0 Å². The van der Waals surface area contributed by atoms with Crippen LogP contribution in [0.4, 0.5) is 4.39 Å². The van der Waals surface area contributed by atoms with Crippen LogP contribution in [0.15, 0.2) is 42.6 Å². The number of hydrogen-bond donors (Lipinski definition) is 0. The van der Waals surface area contributed by atoms with E-state index in [1.807, 2.05) is 52.9 Å². The van der Waals surface area contributed by atoms with Gasteiger partial charge in [0.1, 0.15) is 5.82 Å². The van der Waals surface area contributed by atoms with Crippen LogP contribution < -0.4 is 0 Å². The predicted octanol–water partition coefficient (Wildman–Crippen LogP) is 3.60. The van der Waals surface area contributed by atoms with E-state index < -0.39 is 0 Å². The molecule has 6 heteroatoms. The van der Waals surface area contributed by atoms with Crippen LogP contribution in [0.3, 0.4) is 0 Å². The van der Waals surface area contributed by atoms with Crippen molar-refractivity contribution in [3.05, 3.63) is 63.2 Å². The number of piperidine rings is 1. The minimum Gasteiger partial charge on any atom is -0.339 e. The van der Waals surface area contributed by atoms with Crippen LogP contribution in [0.2, 0.25) is 0 Å². The van der Waals surface area contributed by atoms with Crippen molar-refractivity contribution in [3.63, 3.8) is 0 Å². The Morgan fingerprint density at radius 3 is 2.73 bits per heavy atom. The lowest BCUT2D eigenvalue weighted by Gasteiger charge is -2.36. The minimum absolute atomic E-state index is 0.0265. The van der Waals surface area contributed by atoms with Gasteiger partial charge in [0.2, 0.25) is 0 Å². The number of carbonyl (C=O) groups excluding carboxylic acids is 1. The minimum atomic E-state index is -0.310. The van der Waals surface area contributed by atoms with E-state index in [-0.39, 0.29) is 17.8 Å². The summed E-state index contributed by atoms with van der Waals surface area (Å²) >= 11 is 2.02. The maximum Gasteiger partial charge on any atom is 0.254 e. The topological polar surface area (TPSA) is 36.4 Å². The van der Waals surface area contributed by atoms with Gasteiger partial charge in [0.25, 0.3) is 5.91 Å². The molecule has 0 radical (unpaired) electrons. The SMILES string of the molecule is CN(C(=O)c1ccc(F)cc1I)C1CCN(CCc2ccccn2)CC1. The van der Waals surface area contributed by atoms with Crippen molar-refractivity contribution in [2.75, 3.05) is 26.7 Å². The van der Waals surface area contributed by atoms with Crippen molar-refractivity contribution in [3.8, 4) is 0 Å². The molecular weight excluding hydrogens is 444 g/mol. The van der Waals surface area contributed by atoms with E-state index in [0.29, 0.717) is 9.13 Å². The second-order valence-corrected chi connectivity index (χ2v) is 7.85. The van der Waals surface area contributed by atoms with Crippen LogP contribution in [-0.2, 0) is 6.42 Å². The lowest BCUT2D eigenvalue weighted by molar-refractivity contribution is 0.0642. The van der Waals surface area contributed by atoms with E-state index in [4.69, 9.17) is 0 Å². The molecule has 3 rings (SSSR count). The van der Waals surface area contributed by atoms with Gasteiger partial charge in [-0.15, -0.1) is 0 Å². The molecule has 1 aliphatic rings. The van der Waals surface area contributed by atoms with Gasteiger partial charge in [-0.1, -0.05) is 6.07 Å². The van der Waals surface area contributed by atoms with Gasteiger partial charge in [0.05, 0.1) is 5.56 Å². The number of pyridine rings is 1. The number of halogens is 2. The molecule has 2 heterocycles. The summed E-state index contributed by atoms with van der Waals surface area (Å²) in [5.41, 5.74) is 1.69. The van der Waals surface area contributed by atoms with Crippen molar-refractivity contribution in [2.24, 2.45) is 0 Å². The fourth-order valence-corrected chi connectivity index (χ4v) is 4.08. The predicted molar refractivity (Wildman–Crippen MR) is 109 cm³/mol. The summed E-state index contributed by atoms with van der Waals surface area (Å²) in [7, 11) is 1.86. The molecule has 0 unspecified atom stereocenters. The Labute approximate surface area is 167 Å². The Bertz CT molecular complexity index is 748. The standard InChI is InChI=1S/C20H23FIN3O/c1-24(20(26)18-6-5-15(21)14-19(18)22)17-8-12-25(13-9-17)11-7-16-4-2-3-10-23-16/h2-6,10,14,17H,7-9,11-13H2,1H3. The third-order valence-corrected chi connectivity index (χ3v) is 5.89. The van der Waals surface area contributed by atoms with E-state index >= 15 is 0 Å². The number of likely N-dealkylation sites (tertiary alicyclic amines) is 1. The Kier molecular flexibility index (Phi) is 6.58. The van der Waals surface area contributed by atoms with E-state index in [1.165, 1.54) is 12.1 Å². The number of rotatable bonds is 5. The molecule has 1 aromatic carbocycles. The van der Waals surface area contributed by atoms with Gasteiger partial charge in [-0.25, -0.2) is 4.39 Å². The van der Waals surface area contributed by atoms with E-state index in [0.717, 1.165) is 44.6 Å². The molecule has 4 nitrogen and oxygen atoms in total. The zero-order valence-electron chi connectivity index (χ0n) is 14.9. The molecule has 1 amide bonds. The first-order valence-electron chi connectivity index (χ1n) is 8.89. The van der Waals surface area contributed by atoms with Crippen LogP contribution in [0, 0.1) is 9.39 Å². The summed E-state index contributed by atoms with van der Waals surface area (Å²) < 4.78 is 13.9.